The van der Waals surface area contributed by atoms with E-state index in [0.29, 0.717) is 11.5 Å². The molecule has 0 radical (unpaired) electrons. The fraction of sp³-hybridized carbons (Fsp3) is 0.548. The van der Waals surface area contributed by atoms with Crippen LogP contribution < -0.4 is 0 Å². The van der Waals surface area contributed by atoms with E-state index < -0.39 is 0 Å². The van der Waals surface area contributed by atoms with Crippen LogP contribution in [0.1, 0.15) is 114 Å². The molecule has 35 heavy (non-hydrogen) atoms. The van der Waals surface area contributed by atoms with Crippen LogP contribution in [-0.2, 0) is 12.8 Å². The van der Waals surface area contributed by atoms with E-state index in [2.05, 4.69) is 91.4 Å². The first kappa shape index (κ1) is 28.6. The molecule has 0 heterocycles. The average molecular weight is 479 g/mol. The minimum atomic E-state index is 0.155. The van der Waals surface area contributed by atoms with Gasteiger partial charge < -0.3 is 10.2 Å². The maximum Gasteiger partial charge on any atom is 0.129 e. The molecule has 0 unspecified atom stereocenters. The minimum absolute atomic E-state index is 0.155. The van der Waals surface area contributed by atoms with Gasteiger partial charge >= 0.3 is 0 Å². The largest absolute Gasteiger partial charge is 0.507 e. The Hall–Kier alpha value is -2.62. The highest BCUT2D eigenvalue weighted by Gasteiger charge is 2.18. The summed E-state index contributed by atoms with van der Waals surface area (Å²) >= 11 is 0. The molecule has 0 aliphatic rings. The topological polar surface area (TPSA) is 65.2 Å². The zero-order valence-corrected chi connectivity index (χ0v) is 23.5. The molecular weight excluding hydrogens is 432 g/mol. The highest BCUT2D eigenvalue weighted by atomic mass is 16.3. The van der Waals surface area contributed by atoms with E-state index in [-0.39, 0.29) is 29.3 Å². The van der Waals surface area contributed by atoms with Gasteiger partial charge in [0, 0.05) is 23.6 Å². The van der Waals surface area contributed by atoms with Crippen molar-refractivity contribution in [3.63, 3.8) is 0 Å². The second kappa shape index (κ2) is 11.4. The number of hydrogen-bond acceptors (Lipinski definition) is 4. The molecule has 2 rings (SSSR count). The molecule has 0 saturated carbocycles. The van der Waals surface area contributed by atoms with Crippen molar-refractivity contribution in [1.82, 2.24) is 0 Å². The van der Waals surface area contributed by atoms with Crippen LogP contribution in [0.25, 0.3) is 0 Å². The number of hydrogen-bond donors (Lipinski definition) is 2. The van der Waals surface area contributed by atoms with Crippen molar-refractivity contribution in [2.45, 2.75) is 93.9 Å². The third-order valence-electron chi connectivity index (χ3n) is 5.79. The number of phenolic OH excluding ortho intramolecular Hbond substituents is 2. The van der Waals surface area contributed by atoms with Gasteiger partial charge in [-0.05, 0) is 69.9 Å². The van der Waals surface area contributed by atoms with Crippen molar-refractivity contribution in [2.75, 3.05) is 6.67 Å². The van der Waals surface area contributed by atoms with Crippen LogP contribution in [-0.4, -0.2) is 29.3 Å². The van der Waals surface area contributed by atoms with Crippen LogP contribution in [0.5, 0.6) is 11.5 Å². The smallest absolute Gasteiger partial charge is 0.129 e. The molecule has 0 amide bonds. The van der Waals surface area contributed by atoms with Crippen molar-refractivity contribution < 1.29 is 10.2 Å². The third-order valence-corrected chi connectivity index (χ3v) is 5.79. The zero-order chi connectivity index (χ0) is 26.6. The molecule has 0 aliphatic carbocycles. The van der Waals surface area contributed by atoms with Crippen molar-refractivity contribution in [2.24, 2.45) is 20.8 Å². The fourth-order valence-electron chi connectivity index (χ4n) is 4.32. The molecule has 192 valence electrons. The van der Waals surface area contributed by atoms with Gasteiger partial charge in [0.25, 0.3) is 0 Å². The Bertz CT molecular complexity index is 979. The minimum Gasteiger partial charge on any atom is -0.507 e. The summed E-state index contributed by atoms with van der Waals surface area (Å²) in [5.74, 6) is 1.02. The number of phenols is 2. The summed E-state index contributed by atoms with van der Waals surface area (Å²) in [5.41, 5.74) is 6.05. The summed E-state index contributed by atoms with van der Waals surface area (Å²) < 4.78 is 0. The summed E-state index contributed by atoms with van der Waals surface area (Å²) in [4.78, 5) is 8.92. The molecule has 0 saturated heterocycles. The third kappa shape index (κ3) is 8.83. The highest BCUT2D eigenvalue weighted by molar-refractivity contribution is 5.86. The van der Waals surface area contributed by atoms with Crippen LogP contribution in [0.15, 0.2) is 34.3 Å². The number of benzene rings is 2. The van der Waals surface area contributed by atoms with Gasteiger partial charge in [-0.3, -0.25) is 9.98 Å². The molecule has 2 aromatic carbocycles. The molecule has 4 nitrogen and oxygen atoms in total. The van der Waals surface area contributed by atoms with E-state index >= 15 is 0 Å². The van der Waals surface area contributed by atoms with Crippen molar-refractivity contribution >= 4 is 12.4 Å². The Morgan fingerprint density at radius 1 is 0.657 bits per heavy atom. The molecule has 0 bridgehead atoms. The van der Waals surface area contributed by atoms with Crippen LogP contribution in [0, 0.1) is 10.8 Å². The molecule has 2 N–H and O–H groups in total. The zero-order valence-electron chi connectivity index (χ0n) is 23.5. The lowest BCUT2D eigenvalue weighted by molar-refractivity contribution is 0.409. The van der Waals surface area contributed by atoms with Gasteiger partial charge in [-0.15, -0.1) is 0 Å². The number of aliphatic imine (C=N–C) groups is 2. The summed E-state index contributed by atoms with van der Waals surface area (Å²) in [7, 11) is 0. The molecule has 4 heteroatoms. The molecular formula is C31H46N2O2. The maximum absolute atomic E-state index is 10.8. The lowest BCUT2D eigenvalue weighted by Crippen LogP contribution is -2.10. The summed E-state index contributed by atoms with van der Waals surface area (Å²) in [6, 6.07) is 8.27. The second-order valence-electron chi connectivity index (χ2n) is 12.8. The molecule has 0 aromatic heterocycles. The van der Waals surface area contributed by atoms with Gasteiger partial charge in [-0.25, -0.2) is 0 Å². The first-order chi connectivity index (χ1) is 16.1. The predicted octanol–water partition coefficient (Wildman–Crippen LogP) is 8.02. The van der Waals surface area contributed by atoms with Crippen molar-refractivity contribution in [3.05, 3.63) is 57.6 Å². The average Bonchev–Trinajstić information content (AvgIpc) is 2.68. The van der Waals surface area contributed by atoms with Gasteiger partial charge in [0.15, 0.2) is 0 Å². The number of aromatic hydroxyl groups is 2. The lowest BCUT2D eigenvalue weighted by Gasteiger charge is -2.20. The second-order valence-corrected chi connectivity index (χ2v) is 12.8. The molecule has 0 atom stereocenters. The number of rotatable bonds is 8. The van der Waals surface area contributed by atoms with E-state index in [1.807, 2.05) is 12.1 Å². The van der Waals surface area contributed by atoms with Crippen LogP contribution in [0.3, 0.4) is 0 Å². The predicted molar refractivity (Wildman–Crippen MR) is 151 cm³/mol. The Labute approximate surface area is 213 Å². The first-order valence-electron chi connectivity index (χ1n) is 12.8. The van der Waals surface area contributed by atoms with Crippen LogP contribution in [0.4, 0.5) is 0 Å². The van der Waals surface area contributed by atoms with Crippen LogP contribution in [0.2, 0.25) is 0 Å². The monoisotopic (exact) mass is 478 g/mol. The highest BCUT2D eigenvalue weighted by Crippen LogP contribution is 2.33. The van der Waals surface area contributed by atoms with Gasteiger partial charge in [-0.2, -0.15) is 0 Å². The molecule has 0 fully saturated rings. The Kier molecular flexibility index (Phi) is 9.33. The van der Waals surface area contributed by atoms with E-state index in [4.69, 9.17) is 0 Å². The number of nitrogens with zero attached hydrogens (tertiary/aromatic N) is 2. The van der Waals surface area contributed by atoms with Crippen LogP contribution >= 0.6 is 0 Å². The maximum atomic E-state index is 10.8. The summed E-state index contributed by atoms with van der Waals surface area (Å²) in [6.45, 7) is 21.9. The summed E-state index contributed by atoms with van der Waals surface area (Å²) in [5, 5.41) is 21.6. The van der Waals surface area contributed by atoms with E-state index in [0.717, 1.165) is 35.1 Å². The van der Waals surface area contributed by atoms with Gasteiger partial charge in [-0.1, -0.05) is 81.4 Å². The molecule has 0 spiro atoms. The van der Waals surface area contributed by atoms with Gasteiger partial charge in [0.05, 0.1) is 0 Å². The Morgan fingerprint density at radius 3 is 1.29 bits per heavy atom. The Morgan fingerprint density at radius 2 is 1.00 bits per heavy atom. The van der Waals surface area contributed by atoms with Gasteiger partial charge in [0.1, 0.15) is 18.2 Å². The molecule has 2 aromatic rings. The lowest BCUT2D eigenvalue weighted by atomic mass is 9.85. The Balaban J connectivity index is 2.28. The summed E-state index contributed by atoms with van der Waals surface area (Å²) in [6.07, 6.45) is 5.27. The van der Waals surface area contributed by atoms with Crippen molar-refractivity contribution in [3.8, 4) is 11.5 Å². The standard InChI is InChI=1S/C31H46N2O2/c1-20(2)26-13-22(15-30(5,6)7)11-24(28(26)34)17-32-19-33-18-25-12-23(16-31(8,9)10)14-27(21(3)4)29(25)35/h11-14,17-18,20-21,34-35H,15-16,19H2,1-10H3. The molecule has 0 aliphatic heterocycles. The normalized spacial score (nSPS) is 13.1. The quantitative estimate of drug-likeness (QED) is 0.377. The van der Waals surface area contributed by atoms with Crippen molar-refractivity contribution in [1.29, 1.82) is 0 Å². The SMILES string of the molecule is CC(C)c1cc(CC(C)(C)C)cc(C=NCN=Cc2cc(CC(C)(C)C)cc(C(C)C)c2O)c1O. The van der Waals surface area contributed by atoms with Gasteiger partial charge in [0.2, 0.25) is 0 Å². The fourth-order valence-corrected chi connectivity index (χ4v) is 4.32. The first-order valence-corrected chi connectivity index (χ1v) is 12.8. The van der Waals surface area contributed by atoms with E-state index in [1.54, 1.807) is 12.4 Å². The van der Waals surface area contributed by atoms with E-state index in [9.17, 15) is 10.2 Å². The van der Waals surface area contributed by atoms with E-state index in [1.165, 1.54) is 11.1 Å².